The van der Waals surface area contributed by atoms with Gasteiger partial charge in [-0.15, -0.1) is 0 Å². The number of alkyl halides is 3. The number of rotatable bonds is 1. The molecule has 0 amide bonds. The Bertz CT molecular complexity index is 137. The van der Waals surface area contributed by atoms with Gasteiger partial charge in [-0.25, -0.2) is 0 Å². The highest BCUT2D eigenvalue weighted by atomic mass is 32.2. The molecule has 1 atom stereocenters. The Balaban J connectivity index is 2.50. The van der Waals surface area contributed by atoms with Gasteiger partial charge in [-0.3, -0.25) is 4.21 Å². The topological polar surface area (TPSA) is 17.1 Å². The van der Waals surface area contributed by atoms with Crippen LogP contribution in [0.3, 0.4) is 0 Å². The van der Waals surface area contributed by atoms with E-state index in [0.717, 1.165) is 0 Å². The van der Waals surface area contributed by atoms with Crippen molar-refractivity contribution in [2.24, 2.45) is 0 Å². The fraction of sp³-hybridized carbons (Fsp3) is 1.00. The lowest BCUT2D eigenvalue weighted by Crippen LogP contribution is -2.19. The lowest BCUT2D eigenvalue weighted by atomic mass is 11.0. The molecule has 0 radical (unpaired) electrons. The normalized spacial score (nSPS) is 23.9. The summed E-state index contributed by atoms with van der Waals surface area (Å²) in [5.41, 5.74) is -4.48. The second-order valence-electron chi connectivity index (χ2n) is 1.94. The van der Waals surface area contributed by atoms with Crippen molar-refractivity contribution in [3.05, 3.63) is 0 Å². The molecule has 0 heterocycles. The quantitative estimate of drug-likeness (QED) is 0.564. The monoisotopic (exact) mass is 158 g/mol. The Labute approximate surface area is 52.7 Å². The average molecular weight is 158 g/mol. The molecule has 0 bridgehead atoms. The standard InChI is InChI=1S/C4H5F3OS/c5-4(6,7)9(8)3-1-2-3/h3H,1-2H2. The van der Waals surface area contributed by atoms with Crippen LogP contribution in [0.15, 0.2) is 0 Å². The minimum absolute atomic E-state index is 0.464. The van der Waals surface area contributed by atoms with Crippen molar-refractivity contribution >= 4 is 10.8 Å². The summed E-state index contributed by atoms with van der Waals surface area (Å²) < 4.78 is 44.5. The minimum atomic E-state index is -4.48. The van der Waals surface area contributed by atoms with E-state index in [1.807, 2.05) is 0 Å². The van der Waals surface area contributed by atoms with E-state index in [0.29, 0.717) is 12.8 Å². The third-order valence-corrected chi connectivity index (χ3v) is 2.59. The summed E-state index contributed by atoms with van der Waals surface area (Å²) in [5.74, 6) is 0. The highest BCUT2D eigenvalue weighted by molar-refractivity contribution is 7.86. The maximum Gasteiger partial charge on any atom is 0.471 e. The highest BCUT2D eigenvalue weighted by Gasteiger charge is 2.46. The maximum absolute atomic E-state index is 11.4. The number of hydrogen-bond donors (Lipinski definition) is 0. The van der Waals surface area contributed by atoms with Gasteiger partial charge in [0, 0.05) is 5.25 Å². The van der Waals surface area contributed by atoms with Crippen molar-refractivity contribution in [1.29, 1.82) is 0 Å². The average Bonchev–Trinajstić information content (AvgIpc) is 2.40. The van der Waals surface area contributed by atoms with E-state index < -0.39 is 21.6 Å². The van der Waals surface area contributed by atoms with E-state index in [1.165, 1.54) is 0 Å². The van der Waals surface area contributed by atoms with Crippen LogP contribution >= 0.6 is 0 Å². The summed E-state index contributed by atoms with van der Waals surface area (Å²) in [7, 11) is -2.58. The molecule has 5 heteroatoms. The Kier molecular flexibility index (Phi) is 1.54. The van der Waals surface area contributed by atoms with Crippen LogP contribution in [0.2, 0.25) is 0 Å². The van der Waals surface area contributed by atoms with Crippen LogP contribution in [0.1, 0.15) is 12.8 Å². The van der Waals surface area contributed by atoms with E-state index in [2.05, 4.69) is 0 Å². The van der Waals surface area contributed by atoms with Gasteiger partial charge in [0.1, 0.15) is 10.8 Å². The molecule has 1 aliphatic rings. The summed E-state index contributed by atoms with van der Waals surface area (Å²) in [6.07, 6.45) is 0.929. The van der Waals surface area contributed by atoms with Crippen LogP contribution in [-0.4, -0.2) is 15.0 Å². The Hall–Kier alpha value is -0.0600. The lowest BCUT2D eigenvalue weighted by molar-refractivity contribution is -0.0385. The smallest absolute Gasteiger partial charge is 0.250 e. The zero-order valence-corrected chi connectivity index (χ0v) is 5.26. The van der Waals surface area contributed by atoms with Crippen molar-refractivity contribution in [1.82, 2.24) is 0 Å². The molecule has 0 aromatic heterocycles. The van der Waals surface area contributed by atoms with Crippen molar-refractivity contribution in [2.75, 3.05) is 0 Å². The molecule has 0 spiro atoms. The van der Waals surface area contributed by atoms with Gasteiger partial charge < -0.3 is 0 Å². The maximum atomic E-state index is 11.4. The summed E-state index contributed by atoms with van der Waals surface area (Å²) in [6.45, 7) is 0. The van der Waals surface area contributed by atoms with Gasteiger partial charge in [-0.05, 0) is 12.8 Å². The van der Waals surface area contributed by atoms with E-state index in [-0.39, 0.29) is 0 Å². The first-order chi connectivity index (χ1) is 4.02. The van der Waals surface area contributed by atoms with E-state index >= 15 is 0 Å². The number of hydrogen-bond acceptors (Lipinski definition) is 1. The molecule has 0 N–H and O–H groups in total. The fourth-order valence-electron chi connectivity index (χ4n) is 0.471. The molecule has 1 saturated carbocycles. The molecule has 1 rings (SSSR count). The summed E-state index contributed by atoms with van der Waals surface area (Å²) in [4.78, 5) is 0. The first kappa shape index (κ1) is 7.05. The van der Waals surface area contributed by atoms with Crippen molar-refractivity contribution in [3.63, 3.8) is 0 Å². The van der Waals surface area contributed by atoms with Crippen LogP contribution in [0.4, 0.5) is 13.2 Å². The molecule has 0 saturated heterocycles. The predicted octanol–water partition coefficient (Wildman–Crippen LogP) is 1.42. The fourth-order valence-corrected chi connectivity index (χ4v) is 1.41. The molecule has 0 aromatic rings. The molecule has 54 valence electrons. The first-order valence-electron chi connectivity index (χ1n) is 2.49. The van der Waals surface area contributed by atoms with Gasteiger partial charge in [0.15, 0.2) is 0 Å². The van der Waals surface area contributed by atoms with Crippen molar-refractivity contribution < 1.29 is 17.4 Å². The molecule has 0 aromatic carbocycles. The largest absolute Gasteiger partial charge is 0.471 e. The van der Waals surface area contributed by atoms with Crippen LogP contribution < -0.4 is 0 Å². The Morgan fingerprint density at radius 3 is 1.89 bits per heavy atom. The SMILES string of the molecule is O=S(C1CC1)C(F)(F)F. The lowest BCUT2D eigenvalue weighted by Gasteiger charge is -2.02. The molecule has 1 nitrogen and oxygen atoms in total. The predicted molar refractivity (Wildman–Crippen MR) is 27.2 cm³/mol. The number of halogens is 3. The van der Waals surface area contributed by atoms with E-state index in [9.17, 15) is 17.4 Å². The second kappa shape index (κ2) is 1.97. The third kappa shape index (κ3) is 1.67. The summed E-state index contributed by atoms with van der Waals surface area (Å²) in [6, 6.07) is 0. The summed E-state index contributed by atoms with van der Waals surface area (Å²) in [5, 5.41) is -0.593. The molecular formula is C4H5F3OS. The zero-order valence-electron chi connectivity index (χ0n) is 4.44. The second-order valence-corrected chi connectivity index (χ2v) is 3.67. The van der Waals surface area contributed by atoms with Crippen LogP contribution in [-0.2, 0) is 10.8 Å². The van der Waals surface area contributed by atoms with Gasteiger partial charge in [0.2, 0.25) is 0 Å². The molecule has 1 unspecified atom stereocenters. The Morgan fingerprint density at radius 2 is 1.78 bits per heavy atom. The summed E-state index contributed by atoms with van der Waals surface area (Å²) >= 11 is 0. The van der Waals surface area contributed by atoms with Gasteiger partial charge in [-0.2, -0.15) is 13.2 Å². The molecule has 1 fully saturated rings. The van der Waals surface area contributed by atoms with Crippen LogP contribution in [0.5, 0.6) is 0 Å². The van der Waals surface area contributed by atoms with Crippen molar-refractivity contribution in [2.45, 2.75) is 23.6 Å². The molecular weight excluding hydrogens is 153 g/mol. The van der Waals surface area contributed by atoms with Gasteiger partial charge in [0.05, 0.1) is 0 Å². The Morgan fingerprint density at radius 1 is 1.33 bits per heavy atom. The molecule has 9 heavy (non-hydrogen) atoms. The molecule has 1 aliphatic carbocycles. The molecule has 0 aliphatic heterocycles. The zero-order chi connectivity index (χ0) is 7.07. The third-order valence-electron chi connectivity index (χ3n) is 1.06. The van der Waals surface area contributed by atoms with Crippen molar-refractivity contribution in [3.8, 4) is 0 Å². The first-order valence-corrected chi connectivity index (χ1v) is 3.70. The van der Waals surface area contributed by atoms with E-state index in [4.69, 9.17) is 0 Å². The highest BCUT2D eigenvalue weighted by Crippen LogP contribution is 2.35. The van der Waals surface area contributed by atoms with Crippen LogP contribution in [0, 0.1) is 0 Å². The van der Waals surface area contributed by atoms with Gasteiger partial charge in [0.25, 0.3) is 0 Å². The van der Waals surface area contributed by atoms with Gasteiger partial charge >= 0.3 is 5.51 Å². The van der Waals surface area contributed by atoms with Crippen LogP contribution in [0.25, 0.3) is 0 Å². The van der Waals surface area contributed by atoms with Gasteiger partial charge in [-0.1, -0.05) is 0 Å². The minimum Gasteiger partial charge on any atom is -0.250 e. The van der Waals surface area contributed by atoms with E-state index in [1.54, 1.807) is 0 Å².